The van der Waals surface area contributed by atoms with E-state index in [9.17, 15) is 22.8 Å². The highest BCUT2D eigenvalue weighted by Gasteiger charge is 2.33. The predicted octanol–water partition coefficient (Wildman–Crippen LogP) is 1.66. The number of hydrogen-bond donors (Lipinski definition) is 2. The van der Waals surface area contributed by atoms with Crippen molar-refractivity contribution in [3.8, 4) is 5.75 Å². The van der Waals surface area contributed by atoms with Crippen LogP contribution in [0.4, 0.5) is 13.2 Å². The first kappa shape index (κ1) is 20.0. The lowest BCUT2D eigenvalue weighted by atomic mass is 9.96. The Bertz CT molecular complexity index is 629. The second-order valence-electron chi connectivity index (χ2n) is 6.19. The minimum atomic E-state index is -4.23. The van der Waals surface area contributed by atoms with Gasteiger partial charge in [0.15, 0.2) is 0 Å². The molecule has 0 spiro atoms. The summed E-state index contributed by atoms with van der Waals surface area (Å²) in [7, 11) is 1.50. The number of ether oxygens (including phenoxy) is 1. The Hall–Kier alpha value is -2.29. The lowest BCUT2D eigenvalue weighted by Crippen LogP contribution is -2.48. The number of hydrazine groups is 1. The second-order valence-corrected chi connectivity index (χ2v) is 6.19. The van der Waals surface area contributed by atoms with E-state index in [2.05, 4.69) is 10.9 Å². The largest absolute Gasteiger partial charge is 0.496 e. The number of likely N-dealkylation sites (tertiary alicyclic amines) is 1. The molecule has 144 valence electrons. The molecule has 0 bridgehead atoms. The first-order chi connectivity index (χ1) is 12.3. The van der Waals surface area contributed by atoms with E-state index in [1.165, 1.54) is 12.0 Å². The molecule has 0 saturated carbocycles. The van der Waals surface area contributed by atoms with Gasteiger partial charge in [-0.1, -0.05) is 18.2 Å². The molecule has 1 aliphatic heterocycles. The summed E-state index contributed by atoms with van der Waals surface area (Å²) < 4.78 is 42.2. The van der Waals surface area contributed by atoms with Gasteiger partial charge in [-0.25, -0.2) is 0 Å². The van der Waals surface area contributed by atoms with Crippen LogP contribution < -0.4 is 15.6 Å². The molecule has 0 radical (unpaired) electrons. The highest BCUT2D eigenvalue weighted by atomic mass is 19.4. The van der Waals surface area contributed by atoms with E-state index in [0.717, 1.165) is 0 Å². The van der Waals surface area contributed by atoms with Gasteiger partial charge in [0, 0.05) is 11.5 Å². The number of halogens is 3. The Labute approximate surface area is 149 Å². The number of alkyl halides is 3. The number of carbonyl (C=O) groups is 2. The Morgan fingerprint density at radius 2 is 1.85 bits per heavy atom. The van der Waals surface area contributed by atoms with Gasteiger partial charge in [0.2, 0.25) is 11.8 Å². The molecule has 1 aromatic rings. The van der Waals surface area contributed by atoms with Crippen LogP contribution in [0.25, 0.3) is 0 Å². The second kappa shape index (κ2) is 8.88. The minimum Gasteiger partial charge on any atom is -0.496 e. The molecule has 2 N–H and O–H groups in total. The smallest absolute Gasteiger partial charge is 0.401 e. The molecule has 1 heterocycles. The van der Waals surface area contributed by atoms with Crippen LogP contribution in [0.15, 0.2) is 24.3 Å². The first-order valence-corrected chi connectivity index (χ1v) is 8.28. The average molecular weight is 373 g/mol. The van der Waals surface area contributed by atoms with E-state index in [4.69, 9.17) is 4.74 Å². The topological polar surface area (TPSA) is 70.7 Å². The molecule has 0 unspecified atom stereocenters. The number of amides is 2. The van der Waals surface area contributed by atoms with Crippen LogP contribution in [-0.4, -0.2) is 49.6 Å². The fourth-order valence-corrected chi connectivity index (χ4v) is 2.91. The van der Waals surface area contributed by atoms with Gasteiger partial charge in [0.05, 0.1) is 20.1 Å². The van der Waals surface area contributed by atoms with Crippen molar-refractivity contribution in [1.29, 1.82) is 0 Å². The summed E-state index contributed by atoms with van der Waals surface area (Å²) in [4.78, 5) is 25.3. The van der Waals surface area contributed by atoms with Crippen LogP contribution in [0.2, 0.25) is 0 Å². The summed E-state index contributed by atoms with van der Waals surface area (Å²) in [6, 6.07) is 7.04. The lowest BCUT2D eigenvalue weighted by Gasteiger charge is -2.31. The summed E-state index contributed by atoms with van der Waals surface area (Å²) >= 11 is 0. The van der Waals surface area contributed by atoms with E-state index >= 15 is 0 Å². The van der Waals surface area contributed by atoms with Crippen LogP contribution in [0.5, 0.6) is 5.75 Å². The van der Waals surface area contributed by atoms with E-state index in [-0.39, 0.29) is 25.4 Å². The highest BCUT2D eigenvalue weighted by Crippen LogP contribution is 2.22. The predicted molar refractivity (Wildman–Crippen MR) is 88.2 cm³/mol. The molecular formula is C17H22F3N3O3. The standard InChI is InChI=1S/C17H22F3N3O3/c1-26-14-5-3-2-4-13(14)10-15(24)21-22-16(25)12-6-8-23(9-7-12)11-17(18,19)20/h2-5,12H,6-11H2,1H3,(H,21,24)(H,22,25). The van der Waals surface area contributed by atoms with Crippen molar-refractivity contribution < 1.29 is 27.5 Å². The van der Waals surface area contributed by atoms with Crippen LogP contribution in [0, 0.1) is 5.92 Å². The average Bonchev–Trinajstić information content (AvgIpc) is 2.59. The van der Waals surface area contributed by atoms with Crippen LogP contribution in [0.3, 0.4) is 0 Å². The molecule has 0 atom stereocenters. The Morgan fingerprint density at radius 3 is 2.46 bits per heavy atom. The normalized spacial score (nSPS) is 16.2. The van der Waals surface area contributed by atoms with Gasteiger partial charge in [-0.3, -0.25) is 25.3 Å². The fraction of sp³-hybridized carbons (Fsp3) is 0.529. The highest BCUT2D eigenvalue weighted by molar-refractivity contribution is 5.84. The number of piperidine rings is 1. The summed E-state index contributed by atoms with van der Waals surface area (Å²) in [5, 5.41) is 0. The van der Waals surface area contributed by atoms with Gasteiger partial charge in [0.25, 0.3) is 0 Å². The monoisotopic (exact) mass is 373 g/mol. The molecular weight excluding hydrogens is 351 g/mol. The van der Waals surface area contributed by atoms with E-state index in [0.29, 0.717) is 24.2 Å². The molecule has 0 aliphatic carbocycles. The van der Waals surface area contributed by atoms with Crippen LogP contribution in [0.1, 0.15) is 18.4 Å². The quantitative estimate of drug-likeness (QED) is 0.771. The van der Waals surface area contributed by atoms with Gasteiger partial charge >= 0.3 is 6.18 Å². The Balaban J connectivity index is 1.74. The van der Waals surface area contributed by atoms with Crippen molar-refractivity contribution in [2.45, 2.75) is 25.4 Å². The van der Waals surface area contributed by atoms with E-state index < -0.39 is 24.5 Å². The number of rotatable bonds is 5. The van der Waals surface area contributed by atoms with E-state index in [1.807, 2.05) is 0 Å². The molecule has 9 heteroatoms. The van der Waals surface area contributed by atoms with Crippen molar-refractivity contribution >= 4 is 11.8 Å². The number of nitrogens with one attached hydrogen (secondary N) is 2. The number of carbonyl (C=O) groups excluding carboxylic acids is 2. The third kappa shape index (κ3) is 6.21. The van der Waals surface area contributed by atoms with Gasteiger partial charge < -0.3 is 4.74 Å². The number of hydrogen-bond acceptors (Lipinski definition) is 4. The molecule has 1 aliphatic rings. The zero-order chi connectivity index (χ0) is 19.2. The maximum Gasteiger partial charge on any atom is 0.401 e. The van der Waals surface area contributed by atoms with Crippen molar-refractivity contribution in [1.82, 2.24) is 15.8 Å². The van der Waals surface area contributed by atoms with Gasteiger partial charge in [-0.15, -0.1) is 0 Å². The van der Waals surface area contributed by atoms with Crippen molar-refractivity contribution in [3.63, 3.8) is 0 Å². The maximum absolute atomic E-state index is 12.4. The fourth-order valence-electron chi connectivity index (χ4n) is 2.91. The summed E-state index contributed by atoms with van der Waals surface area (Å²) in [5.41, 5.74) is 5.38. The van der Waals surface area contributed by atoms with Crippen LogP contribution in [-0.2, 0) is 16.0 Å². The molecule has 2 amide bonds. The molecule has 2 rings (SSSR count). The van der Waals surface area contributed by atoms with Crippen molar-refractivity contribution in [2.75, 3.05) is 26.7 Å². The minimum absolute atomic E-state index is 0.0360. The molecule has 1 aromatic carbocycles. The molecule has 0 aromatic heterocycles. The summed E-state index contributed by atoms with van der Waals surface area (Å²) in [6.45, 7) is -0.559. The molecule has 1 saturated heterocycles. The summed E-state index contributed by atoms with van der Waals surface area (Å²) in [5.74, 6) is -0.626. The Morgan fingerprint density at radius 1 is 1.19 bits per heavy atom. The Kier molecular flexibility index (Phi) is 6.84. The van der Waals surface area contributed by atoms with Gasteiger partial charge in [0.1, 0.15) is 5.75 Å². The third-order valence-corrected chi connectivity index (χ3v) is 4.23. The number of para-hydroxylation sites is 1. The third-order valence-electron chi connectivity index (χ3n) is 4.23. The lowest BCUT2D eigenvalue weighted by molar-refractivity contribution is -0.150. The SMILES string of the molecule is COc1ccccc1CC(=O)NNC(=O)C1CCN(CC(F)(F)F)CC1. The zero-order valence-corrected chi connectivity index (χ0v) is 14.4. The number of methoxy groups -OCH3 is 1. The maximum atomic E-state index is 12.4. The van der Waals surface area contributed by atoms with Crippen molar-refractivity contribution in [3.05, 3.63) is 29.8 Å². The van der Waals surface area contributed by atoms with Crippen LogP contribution >= 0.6 is 0 Å². The molecule has 6 nitrogen and oxygen atoms in total. The number of benzene rings is 1. The molecule has 1 fully saturated rings. The first-order valence-electron chi connectivity index (χ1n) is 8.28. The van der Waals surface area contributed by atoms with Gasteiger partial charge in [-0.2, -0.15) is 13.2 Å². The molecule has 26 heavy (non-hydrogen) atoms. The summed E-state index contributed by atoms with van der Waals surface area (Å²) in [6.07, 6.45) is -3.55. The number of nitrogens with zero attached hydrogens (tertiary/aromatic N) is 1. The zero-order valence-electron chi connectivity index (χ0n) is 14.4. The van der Waals surface area contributed by atoms with Crippen molar-refractivity contribution in [2.24, 2.45) is 5.92 Å². The van der Waals surface area contributed by atoms with Gasteiger partial charge in [-0.05, 0) is 32.0 Å². The van der Waals surface area contributed by atoms with E-state index in [1.54, 1.807) is 24.3 Å².